The molecule has 144 valence electrons. The molecular weight excluding hydrogens is 330 g/mol. The molecule has 6 nitrogen and oxygen atoms in total. The van der Waals surface area contributed by atoms with E-state index in [4.69, 9.17) is 0 Å². The van der Waals surface area contributed by atoms with Gasteiger partial charge in [0.05, 0.1) is 0 Å². The van der Waals surface area contributed by atoms with Gasteiger partial charge in [-0.3, -0.25) is 14.5 Å². The number of carbonyl (C=O) groups excluding carboxylic acids is 3. The van der Waals surface area contributed by atoms with Crippen LogP contribution in [0.1, 0.15) is 65.2 Å². The molecule has 1 aliphatic heterocycles. The first-order valence-corrected chi connectivity index (χ1v) is 10.3. The molecule has 1 saturated heterocycles. The van der Waals surface area contributed by atoms with E-state index in [0.717, 1.165) is 29.6 Å². The summed E-state index contributed by atoms with van der Waals surface area (Å²) < 4.78 is 0. The molecule has 0 aromatic rings. The molecule has 2 bridgehead atoms. The molecule has 6 heteroatoms. The van der Waals surface area contributed by atoms with E-state index in [2.05, 4.69) is 24.5 Å². The Morgan fingerprint density at radius 2 is 1.96 bits per heavy atom. The van der Waals surface area contributed by atoms with Crippen LogP contribution in [0.3, 0.4) is 0 Å². The summed E-state index contributed by atoms with van der Waals surface area (Å²) in [5, 5.41) is 5.94. The van der Waals surface area contributed by atoms with Crippen LogP contribution in [0.15, 0.2) is 0 Å². The minimum Gasteiger partial charge on any atom is -0.352 e. The fraction of sp³-hybridized carbons (Fsp3) is 0.850. The molecule has 0 aromatic heterocycles. The van der Waals surface area contributed by atoms with E-state index in [0.29, 0.717) is 24.7 Å². The summed E-state index contributed by atoms with van der Waals surface area (Å²) in [7, 11) is 0. The Balaban J connectivity index is 1.34. The van der Waals surface area contributed by atoms with Crippen molar-refractivity contribution in [1.29, 1.82) is 0 Å². The van der Waals surface area contributed by atoms with Gasteiger partial charge in [-0.05, 0) is 75.5 Å². The smallest absolute Gasteiger partial charge is 0.325 e. The van der Waals surface area contributed by atoms with E-state index in [1.165, 1.54) is 25.7 Å². The Labute approximate surface area is 155 Å². The van der Waals surface area contributed by atoms with Gasteiger partial charge in [0.25, 0.3) is 5.91 Å². The minimum atomic E-state index is -0.764. The number of hydrogen-bond donors (Lipinski definition) is 2. The van der Waals surface area contributed by atoms with E-state index in [1.807, 2.05) is 0 Å². The lowest BCUT2D eigenvalue weighted by molar-refractivity contribution is -0.136. The van der Waals surface area contributed by atoms with Crippen LogP contribution < -0.4 is 10.6 Å². The van der Waals surface area contributed by atoms with Crippen molar-refractivity contribution in [1.82, 2.24) is 15.5 Å². The summed E-state index contributed by atoms with van der Waals surface area (Å²) in [6, 6.07) is -0.296. The number of rotatable bonds is 4. The van der Waals surface area contributed by atoms with Crippen molar-refractivity contribution in [2.24, 2.45) is 23.7 Å². The summed E-state index contributed by atoms with van der Waals surface area (Å²) in [6.07, 6.45) is 8.36. The van der Waals surface area contributed by atoms with Crippen LogP contribution in [0.5, 0.6) is 0 Å². The Kier molecular flexibility index (Phi) is 4.48. The molecule has 1 spiro atoms. The molecule has 0 radical (unpaired) electrons. The minimum absolute atomic E-state index is 0.114. The second-order valence-electron chi connectivity index (χ2n) is 9.28. The Morgan fingerprint density at radius 3 is 2.58 bits per heavy atom. The number of fused-ring (bicyclic) bond motifs is 2. The normalized spacial score (nSPS) is 40.2. The Bertz CT molecular complexity index is 611. The van der Waals surface area contributed by atoms with Crippen molar-refractivity contribution in [3.05, 3.63) is 0 Å². The van der Waals surface area contributed by atoms with Gasteiger partial charge in [0.2, 0.25) is 5.91 Å². The Hall–Kier alpha value is -1.59. The molecule has 4 rings (SSSR count). The van der Waals surface area contributed by atoms with Gasteiger partial charge in [-0.1, -0.05) is 13.3 Å². The van der Waals surface area contributed by atoms with Crippen LogP contribution in [0.25, 0.3) is 0 Å². The van der Waals surface area contributed by atoms with Crippen molar-refractivity contribution in [3.63, 3.8) is 0 Å². The number of carbonyl (C=O) groups is 3. The second kappa shape index (κ2) is 6.54. The number of hydrogen-bond acceptors (Lipinski definition) is 3. The topological polar surface area (TPSA) is 78.5 Å². The average molecular weight is 361 g/mol. The maximum Gasteiger partial charge on any atom is 0.325 e. The summed E-state index contributed by atoms with van der Waals surface area (Å²) in [5.41, 5.74) is -0.764. The summed E-state index contributed by atoms with van der Waals surface area (Å²) in [4.78, 5) is 38.8. The Morgan fingerprint density at radius 1 is 1.23 bits per heavy atom. The van der Waals surface area contributed by atoms with E-state index in [9.17, 15) is 14.4 Å². The zero-order valence-electron chi connectivity index (χ0n) is 15.9. The van der Waals surface area contributed by atoms with E-state index >= 15 is 0 Å². The lowest BCUT2D eigenvalue weighted by atomic mass is 9.77. The fourth-order valence-corrected chi connectivity index (χ4v) is 5.87. The van der Waals surface area contributed by atoms with Crippen LogP contribution in [-0.4, -0.2) is 40.9 Å². The zero-order chi connectivity index (χ0) is 18.5. The molecule has 2 N–H and O–H groups in total. The van der Waals surface area contributed by atoms with Crippen molar-refractivity contribution in [2.45, 2.75) is 76.8 Å². The molecule has 4 fully saturated rings. The predicted octanol–water partition coefficient (Wildman–Crippen LogP) is 2.43. The second-order valence-corrected chi connectivity index (χ2v) is 9.28. The maximum atomic E-state index is 12.8. The van der Waals surface area contributed by atoms with Gasteiger partial charge in [0.15, 0.2) is 0 Å². The molecular formula is C20H31N3O3. The van der Waals surface area contributed by atoms with Crippen molar-refractivity contribution in [2.75, 3.05) is 6.54 Å². The van der Waals surface area contributed by atoms with Crippen LogP contribution >= 0.6 is 0 Å². The van der Waals surface area contributed by atoms with Gasteiger partial charge in [0, 0.05) is 6.04 Å². The largest absolute Gasteiger partial charge is 0.352 e. The first-order valence-electron chi connectivity index (χ1n) is 10.3. The van der Waals surface area contributed by atoms with Gasteiger partial charge in [-0.15, -0.1) is 0 Å². The highest BCUT2D eigenvalue weighted by Gasteiger charge is 2.52. The van der Waals surface area contributed by atoms with E-state index in [1.54, 1.807) is 0 Å². The van der Waals surface area contributed by atoms with Crippen LogP contribution in [0, 0.1) is 23.7 Å². The van der Waals surface area contributed by atoms with Gasteiger partial charge < -0.3 is 10.6 Å². The third-order valence-electron chi connectivity index (χ3n) is 7.50. The van der Waals surface area contributed by atoms with E-state index < -0.39 is 11.6 Å². The van der Waals surface area contributed by atoms with Crippen LogP contribution in [-0.2, 0) is 9.59 Å². The average Bonchev–Trinajstić information content (AvgIpc) is 3.29. The number of nitrogens with one attached hydrogen (secondary N) is 2. The van der Waals surface area contributed by atoms with Crippen LogP contribution in [0.2, 0.25) is 0 Å². The molecule has 4 amide bonds. The van der Waals surface area contributed by atoms with Crippen molar-refractivity contribution in [3.8, 4) is 0 Å². The molecule has 0 aromatic carbocycles. The summed E-state index contributed by atoms with van der Waals surface area (Å²) in [5.74, 6) is 2.28. The van der Waals surface area contributed by atoms with E-state index in [-0.39, 0.29) is 24.4 Å². The molecule has 4 atom stereocenters. The quantitative estimate of drug-likeness (QED) is 0.755. The molecule has 3 saturated carbocycles. The predicted molar refractivity (Wildman–Crippen MR) is 97.2 cm³/mol. The third kappa shape index (κ3) is 3.01. The monoisotopic (exact) mass is 361 g/mol. The lowest BCUT2D eigenvalue weighted by Crippen LogP contribution is -2.50. The SMILES string of the molecule is CC1CCC2(CC1)NC(=O)N(CC(=O)NC(C)C1CC3CCC1C3)C2=O. The highest BCUT2D eigenvalue weighted by molar-refractivity contribution is 6.09. The maximum absolute atomic E-state index is 12.8. The number of amides is 4. The molecule has 1 heterocycles. The molecule has 3 aliphatic carbocycles. The molecule has 26 heavy (non-hydrogen) atoms. The first-order chi connectivity index (χ1) is 12.4. The van der Waals surface area contributed by atoms with Crippen molar-refractivity contribution < 1.29 is 14.4 Å². The highest BCUT2D eigenvalue weighted by atomic mass is 16.2. The first kappa shape index (κ1) is 17.8. The fourth-order valence-electron chi connectivity index (χ4n) is 5.87. The molecule has 4 aliphatic rings. The summed E-state index contributed by atoms with van der Waals surface area (Å²) >= 11 is 0. The van der Waals surface area contributed by atoms with Gasteiger partial charge in [0.1, 0.15) is 12.1 Å². The van der Waals surface area contributed by atoms with Gasteiger partial charge in [-0.2, -0.15) is 0 Å². The number of nitrogens with zero attached hydrogens (tertiary/aromatic N) is 1. The number of imide groups is 1. The van der Waals surface area contributed by atoms with Crippen molar-refractivity contribution >= 4 is 17.8 Å². The zero-order valence-corrected chi connectivity index (χ0v) is 15.9. The van der Waals surface area contributed by atoms with Gasteiger partial charge in [-0.25, -0.2) is 4.79 Å². The highest BCUT2D eigenvalue weighted by Crippen LogP contribution is 2.49. The van der Waals surface area contributed by atoms with Gasteiger partial charge >= 0.3 is 6.03 Å². The lowest BCUT2D eigenvalue weighted by Gasteiger charge is -2.33. The summed E-state index contributed by atoms with van der Waals surface area (Å²) in [6.45, 7) is 4.09. The number of urea groups is 1. The standard InChI is InChI=1S/C20H31N3O3/c1-12-5-7-20(8-6-12)18(25)23(19(26)22-20)11-17(24)21-13(2)16-10-14-3-4-15(16)9-14/h12-16H,3-11H2,1-2H3,(H,21,24)(H,22,26). The third-order valence-corrected chi connectivity index (χ3v) is 7.50. The van der Waals surface area contributed by atoms with Crippen LogP contribution in [0.4, 0.5) is 4.79 Å². The molecule has 4 unspecified atom stereocenters.